The zero-order valence-electron chi connectivity index (χ0n) is 18.9. The summed E-state index contributed by atoms with van der Waals surface area (Å²) in [5, 5.41) is 3.34. The minimum atomic E-state index is -3.94. The Labute approximate surface area is 201 Å². The maximum atomic E-state index is 13.1. The van der Waals surface area contributed by atoms with E-state index in [0.717, 1.165) is 38.3 Å². The first kappa shape index (κ1) is 24.1. The lowest BCUT2D eigenvalue weighted by atomic mass is 10.2. The van der Waals surface area contributed by atoms with Crippen molar-refractivity contribution in [1.29, 1.82) is 0 Å². The number of hydrogen-bond acceptors (Lipinski definition) is 6. The van der Waals surface area contributed by atoms with Crippen molar-refractivity contribution in [3.05, 3.63) is 78.4 Å². The van der Waals surface area contributed by atoms with Crippen molar-refractivity contribution in [2.75, 3.05) is 40.5 Å². The van der Waals surface area contributed by atoms with Gasteiger partial charge in [-0.15, -0.1) is 0 Å². The number of sulfonamides is 2. The molecule has 1 saturated heterocycles. The number of nitrogens with one attached hydrogen (secondary N) is 3. The third kappa shape index (κ3) is 5.52. The molecule has 0 aliphatic carbocycles. The molecule has 0 spiro atoms. The highest BCUT2D eigenvalue weighted by Gasteiger charge is 2.22. The van der Waals surface area contributed by atoms with Gasteiger partial charge in [-0.05, 0) is 61.9 Å². The second kappa shape index (κ2) is 10.0. The molecule has 4 rings (SSSR count). The summed E-state index contributed by atoms with van der Waals surface area (Å²) in [4.78, 5) is 2.38. The number of aryl methyl sites for hydroxylation is 1. The highest BCUT2D eigenvalue weighted by Crippen LogP contribution is 2.32. The van der Waals surface area contributed by atoms with Crippen LogP contribution in [0.1, 0.15) is 12.0 Å². The molecule has 1 aliphatic heterocycles. The molecule has 3 aromatic rings. The molecule has 180 valence electrons. The van der Waals surface area contributed by atoms with E-state index in [1.54, 1.807) is 61.5 Å². The van der Waals surface area contributed by atoms with Crippen LogP contribution in [0.25, 0.3) is 0 Å². The lowest BCUT2D eigenvalue weighted by Crippen LogP contribution is -2.28. The Morgan fingerprint density at radius 3 is 2.24 bits per heavy atom. The van der Waals surface area contributed by atoms with Crippen molar-refractivity contribution in [1.82, 2.24) is 5.32 Å². The van der Waals surface area contributed by atoms with Crippen LogP contribution in [0.15, 0.2) is 82.6 Å². The van der Waals surface area contributed by atoms with E-state index in [9.17, 15) is 16.8 Å². The zero-order valence-corrected chi connectivity index (χ0v) is 20.5. The van der Waals surface area contributed by atoms with Crippen LogP contribution in [0.3, 0.4) is 0 Å². The molecule has 34 heavy (non-hydrogen) atoms. The molecule has 1 fully saturated rings. The summed E-state index contributed by atoms with van der Waals surface area (Å²) in [6.45, 7) is 5.01. The van der Waals surface area contributed by atoms with E-state index in [4.69, 9.17) is 0 Å². The first-order chi connectivity index (χ1) is 16.3. The number of nitrogens with zero attached hydrogens (tertiary/aromatic N) is 1. The minimum absolute atomic E-state index is 0.0899. The predicted octanol–water partition coefficient (Wildman–Crippen LogP) is 3.40. The van der Waals surface area contributed by atoms with Crippen LogP contribution >= 0.6 is 0 Å². The topological polar surface area (TPSA) is 108 Å². The van der Waals surface area contributed by atoms with Gasteiger partial charge < -0.3 is 10.2 Å². The quantitative estimate of drug-likeness (QED) is 0.459. The van der Waals surface area contributed by atoms with Crippen LogP contribution in [0.5, 0.6) is 0 Å². The second-order valence-electron chi connectivity index (χ2n) is 8.11. The SMILES string of the molecule is Cc1ccccc1S(=O)(=O)Nc1ccc(N2CCCNCC2)cc1NS(=O)(=O)c1ccccc1. The maximum Gasteiger partial charge on any atom is 0.262 e. The molecule has 10 heteroatoms. The second-order valence-corrected chi connectivity index (χ2v) is 11.4. The third-order valence-corrected chi connectivity index (χ3v) is 8.54. The Morgan fingerprint density at radius 2 is 1.47 bits per heavy atom. The van der Waals surface area contributed by atoms with Crippen molar-refractivity contribution < 1.29 is 16.8 Å². The number of benzene rings is 3. The molecule has 0 saturated carbocycles. The summed E-state index contributed by atoms with van der Waals surface area (Å²) < 4.78 is 57.6. The molecule has 0 bridgehead atoms. The molecule has 0 aromatic heterocycles. The van der Waals surface area contributed by atoms with Crippen LogP contribution in [0, 0.1) is 6.92 Å². The van der Waals surface area contributed by atoms with Gasteiger partial charge >= 0.3 is 0 Å². The van der Waals surface area contributed by atoms with Gasteiger partial charge in [0.25, 0.3) is 20.0 Å². The van der Waals surface area contributed by atoms with Gasteiger partial charge in [0.1, 0.15) is 0 Å². The van der Waals surface area contributed by atoms with Crippen molar-refractivity contribution in [2.24, 2.45) is 0 Å². The molecule has 8 nitrogen and oxygen atoms in total. The fraction of sp³-hybridized carbons (Fsp3) is 0.250. The third-order valence-electron chi connectivity index (χ3n) is 5.63. The Balaban J connectivity index is 1.74. The van der Waals surface area contributed by atoms with Gasteiger partial charge in [0.2, 0.25) is 0 Å². The fourth-order valence-corrected chi connectivity index (χ4v) is 6.29. The van der Waals surface area contributed by atoms with Crippen LogP contribution in [-0.4, -0.2) is 43.0 Å². The van der Waals surface area contributed by atoms with E-state index in [-0.39, 0.29) is 21.2 Å². The van der Waals surface area contributed by atoms with Crippen LogP contribution in [0.2, 0.25) is 0 Å². The van der Waals surface area contributed by atoms with Gasteiger partial charge in [0.05, 0.1) is 21.2 Å². The molecule has 0 atom stereocenters. The summed E-state index contributed by atoms with van der Waals surface area (Å²) in [5.41, 5.74) is 1.72. The van der Waals surface area contributed by atoms with Crippen molar-refractivity contribution in [3.8, 4) is 0 Å². The molecule has 0 amide bonds. The minimum Gasteiger partial charge on any atom is -0.370 e. The summed E-state index contributed by atoms with van der Waals surface area (Å²) >= 11 is 0. The zero-order chi connectivity index (χ0) is 24.2. The Bertz CT molecular complexity index is 1350. The summed E-state index contributed by atoms with van der Waals surface area (Å²) in [6.07, 6.45) is 0.951. The van der Waals surface area contributed by atoms with E-state index in [1.807, 2.05) is 0 Å². The summed E-state index contributed by atoms with van der Waals surface area (Å²) in [5.74, 6) is 0. The van der Waals surface area contributed by atoms with E-state index in [1.165, 1.54) is 18.2 Å². The molecule has 1 aliphatic rings. The number of hydrogen-bond donors (Lipinski definition) is 3. The predicted molar refractivity (Wildman–Crippen MR) is 135 cm³/mol. The molecule has 3 aromatic carbocycles. The first-order valence-electron chi connectivity index (χ1n) is 11.0. The maximum absolute atomic E-state index is 13.1. The lowest BCUT2D eigenvalue weighted by Gasteiger charge is -2.24. The largest absolute Gasteiger partial charge is 0.370 e. The smallest absolute Gasteiger partial charge is 0.262 e. The monoisotopic (exact) mass is 500 g/mol. The molecular weight excluding hydrogens is 472 g/mol. The Kier molecular flexibility index (Phi) is 7.11. The molecular formula is C24H28N4O4S2. The highest BCUT2D eigenvalue weighted by atomic mass is 32.2. The van der Waals surface area contributed by atoms with E-state index >= 15 is 0 Å². The summed E-state index contributed by atoms with van der Waals surface area (Å²) in [7, 11) is -7.87. The van der Waals surface area contributed by atoms with E-state index in [2.05, 4.69) is 19.7 Å². The standard InChI is InChI=1S/C24H28N4O4S2/c1-19-8-5-6-11-24(19)34(31,32)26-22-13-12-20(28-16-7-14-25-15-17-28)18-23(22)27-33(29,30)21-9-3-2-4-10-21/h2-6,8-13,18,25-27H,7,14-17H2,1H3. The van der Waals surface area contributed by atoms with Crippen LogP contribution in [0.4, 0.5) is 17.1 Å². The van der Waals surface area contributed by atoms with Gasteiger partial charge in [-0.3, -0.25) is 9.44 Å². The van der Waals surface area contributed by atoms with Crippen molar-refractivity contribution >= 4 is 37.1 Å². The van der Waals surface area contributed by atoms with Crippen molar-refractivity contribution in [3.63, 3.8) is 0 Å². The number of anilines is 3. The van der Waals surface area contributed by atoms with E-state index < -0.39 is 20.0 Å². The Morgan fingerprint density at radius 1 is 0.765 bits per heavy atom. The fourth-order valence-electron chi connectivity index (χ4n) is 3.87. The highest BCUT2D eigenvalue weighted by molar-refractivity contribution is 7.93. The van der Waals surface area contributed by atoms with Crippen LogP contribution < -0.4 is 19.7 Å². The molecule has 1 heterocycles. The lowest BCUT2D eigenvalue weighted by molar-refractivity contribution is 0.598. The molecule has 0 radical (unpaired) electrons. The van der Waals surface area contributed by atoms with Gasteiger partial charge in [-0.25, -0.2) is 16.8 Å². The van der Waals surface area contributed by atoms with Crippen molar-refractivity contribution in [2.45, 2.75) is 23.1 Å². The average Bonchev–Trinajstić information content (AvgIpc) is 3.10. The van der Waals surface area contributed by atoms with Gasteiger partial charge in [-0.2, -0.15) is 0 Å². The van der Waals surface area contributed by atoms with Gasteiger partial charge in [-0.1, -0.05) is 36.4 Å². The van der Waals surface area contributed by atoms with Gasteiger partial charge in [0.15, 0.2) is 0 Å². The van der Waals surface area contributed by atoms with Crippen LogP contribution in [-0.2, 0) is 20.0 Å². The van der Waals surface area contributed by atoms with E-state index in [0.29, 0.717) is 5.56 Å². The number of rotatable bonds is 7. The molecule has 3 N–H and O–H groups in total. The van der Waals surface area contributed by atoms with Gasteiger partial charge in [0, 0.05) is 25.3 Å². The molecule has 0 unspecified atom stereocenters. The average molecular weight is 501 g/mol. The first-order valence-corrected chi connectivity index (χ1v) is 14.0. The summed E-state index contributed by atoms with van der Waals surface area (Å²) in [6, 6.07) is 19.7. The Hall–Kier alpha value is -3.08. The normalized spacial score (nSPS) is 14.9.